The molecule has 0 atom stereocenters. The third-order valence-corrected chi connectivity index (χ3v) is 3.12. The lowest BCUT2D eigenvalue weighted by Crippen LogP contribution is -2.12. The Balaban J connectivity index is 2.17. The molecule has 0 saturated heterocycles. The Labute approximate surface area is 125 Å². The van der Waals surface area contributed by atoms with Crippen molar-refractivity contribution in [2.45, 2.75) is 40.2 Å². The highest BCUT2D eigenvalue weighted by molar-refractivity contribution is 5.57. The predicted molar refractivity (Wildman–Crippen MR) is 84.3 cm³/mol. The molecule has 112 valence electrons. The highest BCUT2D eigenvalue weighted by Crippen LogP contribution is 2.20. The minimum absolute atomic E-state index is 0.599. The van der Waals surface area contributed by atoms with Crippen LogP contribution in [0.5, 0.6) is 0 Å². The quantitative estimate of drug-likeness (QED) is 0.814. The van der Waals surface area contributed by atoms with Gasteiger partial charge in [-0.05, 0) is 25.5 Å². The molecule has 0 aliphatic rings. The standard InChI is InChI=1S/C15H22N6/c1-4-8-16-14-11(3)15(20-13(5-2)19-14)17-10-12-7-6-9-18-21-12/h6-7,9H,4-5,8,10H2,1-3H3,(H2,16,17,19,20). The van der Waals surface area contributed by atoms with Crippen LogP contribution in [0.1, 0.15) is 37.4 Å². The average molecular weight is 286 g/mol. The monoisotopic (exact) mass is 286 g/mol. The summed E-state index contributed by atoms with van der Waals surface area (Å²) in [5, 5.41) is 14.6. The smallest absolute Gasteiger partial charge is 0.135 e. The molecule has 21 heavy (non-hydrogen) atoms. The third kappa shape index (κ3) is 4.11. The van der Waals surface area contributed by atoms with E-state index in [9.17, 15) is 0 Å². The lowest BCUT2D eigenvalue weighted by atomic mass is 10.2. The van der Waals surface area contributed by atoms with Gasteiger partial charge in [-0.25, -0.2) is 9.97 Å². The van der Waals surface area contributed by atoms with Gasteiger partial charge in [-0.2, -0.15) is 10.2 Å². The number of aromatic nitrogens is 4. The zero-order valence-corrected chi connectivity index (χ0v) is 12.8. The number of nitrogens with one attached hydrogen (secondary N) is 2. The van der Waals surface area contributed by atoms with Crippen molar-refractivity contribution in [3.05, 3.63) is 35.4 Å². The zero-order chi connectivity index (χ0) is 15.1. The Bertz CT molecular complexity index is 570. The van der Waals surface area contributed by atoms with E-state index in [0.29, 0.717) is 6.54 Å². The largest absolute Gasteiger partial charge is 0.370 e. The van der Waals surface area contributed by atoms with Crippen LogP contribution in [0, 0.1) is 6.92 Å². The van der Waals surface area contributed by atoms with Crippen molar-refractivity contribution in [1.82, 2.24) is 20.2 Å². The third-order valence-electron chi connectivity index (χ3n) is 3.12. The number of hydrogen-bond donors (Lipinski definition) is 2. The van der Waals surface area contributed by atoms with Crippen LogP contribution in [0.4, 0.5) is 11.6 Å². The van der Waals surface area contributed by atoms with Crippen LogP contribution in [-0.2, 0) is 13.0 Å². The van der Waals surface area contributed by atoms with E-state index < -0.39 is 0 Å². The van der Waals surface area contributed by atoms with E-state index in [2.05, 4.69) is 44.6 Å². The van der Waals surface area contributed by atoms with Gasteiger partial charge in [-0.15, -0.1) is 0 Å². The Morgan fingerprint density at radius 3 is 2.48 bits per heavy atom. The number of rotatable bonds is 7. The Kier molecular flexibility index (Phi) is 5.43. The van der Waals surface area contributed by atoms with Crippen molar-refractivity contribution in [1.29, 1.82) is 0 Å². The summed E-state index contributed by atoms with van der Waals surface area (Å²) in [6.45, 7) is 7.72. The van der Waals surface area contributed by atoms with Crippen LogP contribution < -0.4 is 10.6 Å². The molecule has 0 saturated carbocycles. The molecule has 0 unspecified atom stereocenters. The van der Waals surface area contributed by atoms with Gasteiger partial charge in [0.2, 0.25) is 0 Å². The Morgan fingerprint density at radius 1 is 1.10 bits per heavy atom. The van der Waals surface area contributed by atoms with Gasteiger partial charge in [0, 0.05) is 24.7 Å². The first-order valence-corrected chi connectivity index (χ1v) is 7.36. The van der Waals surface area contributed by atoms with Gasteiger partial charge in [0.05, 0.1) is 12.2 Å². The topological polar surface area (TPSA) is 75.6 Å². The highest BCUT2D eigenvalue weighted by Gasteiger charge is 2.10. The SMILES string of the molecule is CCCNc1nc(CC)nc(NCc2cccnn2)c1C. The molecule has 0 spiro atoms. The number of anilines is 2. The van der Waals surface area contributed by atoms with Crippen LogP contribution in [0.3, 0.4) is 0 Å². The van der Waals surface area contributed by atoms with E-state index in [0.717, 1.165) is 48.1 Å². The van der Waals surface area contributed by atoms with E-state index in [4.69, 9.17) is 0 Å². The summed E-state index contributed by atoms with van der Waals surface area (Å²) < 4.78 is 0. The van der Waals surface area contributed by atoms with E-state index >= 15 is 0 Å². The Morgan fingerprint density at radius 2 is 1.86 bits per heavy atom. The molecular formula is C15H22N6. The fourth-order valence-electron chi connectivity index (χ4n) is 1.91. The second-order valence-corrected chi connectivity index (χ2v) is 4.81. The van der Waals surface area contributed by atoms with Crippen LogP contribution >= 0.6 is 0 Å². The van der Waals surface area contributed by atoms with E-state index in [1.807, 2.05) is 19.1 Å². The maximum Gasteiger partial charge on any atom is 0.135 e. The molecule has 0 aliphatic heterocycles. The molecule has 0 amide bonds. The molecule has 2 aromatic rings. The maximum atomic E-state index is 4.56. The second kappa shape index (κ2) is 7.52. The van der Waals surface area contributed by atoms with Gasteiger partial charge < -0.3 is 10.6 Å². The summed E-state index contributed by atoms with van der Waals surface area (Å²) in [6.07, 6.45) is 3.54. The Hall–Kier alpha value is -2.24. The van der Waals surface area contributed by atoms with Crippen molar-refractivity contribution in [3.8, 4) is 0 Å². The molecule has 0 fully saturated rings. The van der Waals surface area contributed by atoms with E-state index in [-0.39, 0.29) is 0 Å². The van der Waals surface area contributed by atoms with Crippen LogP contribution in [0.15, 0.2) is 18.3 Å². The van der Waals surface area contributed by atoms with Crippen molar-refractivity contribution >= 4 is 11.6 Å². The summed E-state index contributed by atoms with van der Waals surface area (Å²) >= 11 is 0. The number of nitrogens with zero attached hydrogens (tertiary/aromatic N) is 4. The molecule has 6 nitrogen and oxygen atoms in total. The summed E-state index contributed by atoms with van der Waals surface area (Å²) in [4.78, 5) is 9.12. The van der Waals surface area contributed by atoms with Crippen LogP contribution in [0.25, 0.3) is 0 Å². The van der Waals surface area contributed by atoms with Crippen molar-refractivity contribution in [2.75, 3.05) is 17.2 Å². The fourth-order valence-corrected chi connectivity index (χ4v) is 1.91. The van der Waals surface area contributed by atoms with Crippen LogP contribution in [0.2, 0.25) is 0 Å². The molecule has 0 radical (unpaired) electrons. The first-order valence-electron chi connectivity index (χ1n) is 7.36. The molecule has 2 rings (SSSR count). The summed E-state index contributed by atoms with van der Waals surface area (Å²) in [6, 6.07) is 3.82. The van der Waals surface area contributed by atoms with Gasteiger partial charge in [-0.3, -0.25) is 0 Å². The molecule has 2 N–H and O–H groups in total. The lowest BCUT2D eigenvalue weighted by molar-refractivity contribution is 0.888. The van der Waals surface area contributed by atoms with E-state index in [1.54, 1.807) is 6.20 Å². The van der Waals surface area contributed by atoms with E-state index in [1.165, 1.54) is 0 Å². The van der Waals surface area contributed by atoms with Crippen molar-refractivity contribution in [3.63, 3.8) is 0 Å². The molecule has 2 aromatic heterocycles. The van der Waals surface area contributed by atoms with Gasteiger partial charge in [0.1, 0.15) is 17.5 Å². The molecule has 0 aromatic carbocycles. The molecule has 2 heterocycles. The first-order chi connectivity index (χ1) is 10.2. The summed E-state index contributed by atoms with van der Waals surface area (Å²) in [5.41, 5.74) is 1.92. The van der Waals surface area contributed by atoms with Gasteiger partial charge in [-0.1, -0.05) is 13.8 Å². The normalized spacial score (nSPS) is 10.4. The first kappa shape index (κ1) is 15.2. The predicted octanol–water partition coefficient (Wildman–Crippen LogP) is 2.57. The second-order valence-electron chi connectivity index (χ2n) is 4.81. The minimum atomic E-state index is 0.599. The zero-order valence-electron chi connectivity index (χ0n) is 12.8. The molecular weight excluding hydrogens is 264 g/mol. The van der Waals surface area contributed by atoms with Crippen molar-refractivity contribution in [2.24, 2.45) is 0 Å². The summed E-state index contributed by atoms with van der Waals surface area (Å²) in [5.74, 6) is 2.59. The molecule has 0 bridgehead atoms. The number of aryl methyl sites for hydroxylation is 1. The minimum Gasteiger partial charge on any atom is -0.370 e. The fraction of sp³-hybridized carbons (Fsp3) is 0.467. The molecule has 6 heteroatoms. The van der Waals surface area contributed by atoms with Crippen molar-refractivity contribution < 1.29 is 0 Å². The summed E-state index contributed by atoms with van der Waals surface area (Å²) in [7, 11) is 0. The maximum absolute atomic E-state index is 4.56. The molecule has 0 aliphatic carbocycles. The van der Waals surface area contributed by atoms with Gasteiger partial charge in [0.15, 0.2) is 0 Å². The number of hydrogen-bond acceptors (Lipinski definition) is 6. The van der Waals surface area contributed by atoms with Crippen LogP contribution in [-0.4, -0.2) is 26.7 Å². The van der Waals surface area contributed by atoms with Gasteiger partial charge >= 0.3 is 0 Å². The highest BCUT2D eigenvalue weighted by atomic mass is 15.1. The van der Waals surface area contributed by atoms with Gasteiger partial charge in [0.25, 0.3) is 0 Å². The average Bonchev–Trinajstić information content (AvgIpc) is 2.53. The lowest BCUT2D eigenvalue weighted by Gasteiger charge is -2.14.